The molecule has 0 saturated heterocycles. The summed E-state index contributed by atoms with van der Waals surface area (Å²) in [5, 5.41) is 8.87. The highest BCUT2D eigenvalue weighted by molar-refractivity contribution is 6.30. The van der Waals surface area contributed by atoms with Gasteiger partial charge in [0.05, 0.1) is 5.69 Å². The molecule has 18 heavy (non-hydrogen) atoms. The van der Waals surface area contributed by atoms with Crippen LogP contribution in [0.15, 0.2) is 0 Å². The van der Waals surface area contributed by atoms with Gasteiger partial charge in [0.15, 0.2) is 0 Å². The molecular weight excluding hydrogens is 246 g/mol. The lowest BCUT2D eigenvalue weighted by Crippen LogP contribution is -2.34. The summed E-state index contributed by atoms with van der Waals surface area (Å²) in [4.78, 5) is 0. The molecular formula is C14H24ClN3. The molecule has 0 spiro atoms. The molecule has 4 heteroatoms. The van der Waals surface area contributed by atoms with E-state index in [1.807, 2.05) is 7.05 Å². The van der Waals surface area contributed by atoms with Crippen molar-refractivity contribution < 1.29 is 0 Å². The maximum atomic E-state index is 6.33. The van der Waals surface area contributed by atoms with Gasteiger partial charge in [-0.1, -0.05) is 25.4 Å². The van der Waals surface area contributed by atoms with E-state index in [1.165, 1.54) is 18.4 Å². The SMILES string of the molecule is CCCNC(Cc1c(C)nn(C)c1Cl)C1CC1C. The molecule has 0 radical (unpaired) electrons. The van der Waals surface area contributed by atoms with E-state index in [4.69, 9.17) is 11.6 Å². The van der Waals surface area contributed by atoms with Crippen molar-refractivity contribution >= 4 is 11.6 Å². The molecule has 1 saturated carbocycles. The zero-order valence-electron chi connectivity index (χ0n) is 11.8. The van der Waals surface area contributed by atoms with E-state index in [0.717, 1.165) is 35.6 Å². The molecule has 0 aliphatic heterocycles. The first-order valence-electron chi connectivity index (χ1n) is 6.96. The normalized spacial score (nSPS) is 24.3. The Morgan fingerprint density at radius 2 is 2.22 bits per heavy atom. The number of hydrogen-bond donors (Lipinski definition) is 1. The van der Waals surface area contributed by atoms with Gasteiger partial charge in [0.25, 0.3) is 0 Å². The van der Waals surface area contributed by atoms with Crippen molar-refractivity contribution in [2.75, 3.05) is 6.54 Å². The van der Waals surface area contributed by atoms with Gasteiger partial charge in [0.1, 0.15) is 5.15 Å². The molecule has 1 aliphatic carbocycles. The van der Waals surface area contributed by atoms with Gasteiger partial charge in [0, 0.05) is 18.7 Å². The van der Waals surface area contributed by atoms with E-state index in [9.17, 15) is 0 Å². The van der Waals surface area contributed by atoms with Gasteiger partial charge in [-0.15, -0.1) is 0 Å². The topological polar surface area (TPSA) is 29.9 Å². The number of halogens is 1. The van der Waals surface area contributed by atoms with Crippen molar-refractivity contribution in [1.82, 2.24) is 15.1 Å². The molecule has 3 atom stereocenters. The average molecular weight is 270 g/mol. The Morgan fingerprint density at radius 1 is 1.56 bits per heavy atom. The molecule has 2 rings (SSSR count). The van der Waals surface area contributed by atoms with Gasteiger partial charge in [0.2, 0.25) is 0 Å². The highest BCUT2D eigenvalue weighted by atomic mass is 35.5. The van der Waals surface area contributed by atoms with Crippen LogP contribution in [0, 0.1) is 18.8 Å². The Hall–Kier alpha value is -0.540. The van der Waals surface area contributed by atoms with Gasteiger partial charge >= 0.3 is 0 Å². The third-order valence-corrected chi connectivity index (χ3v) is 4.51. The number of rotatable bonds is 6. The minimum Gasteiger partial charge on any atom is -0.313 e. The minimum atomic E-state index is 0.556. The molecule has 1 aromatic heterocycles. The molecule has 0 aromatic carbocycles. The van der Waals surface area contributed by atoms with Crippen LogP contribution in [0.1, 0.15) is 37.9 Å². The Kier molecular flexibility index (Phi) is 4.33. The van der Waals surface area contributed by atoms with Gasteiger partial charge < -0.3 is 5.32 Å². The van der Waals surface area contributed by atoms with Gasteiger partial charge in [-0.2, -0.15) is 5.10 Å². The van der Waals surface area contributed by atoms with Crippen molar-refractivity contribution in [3.05, 3.63) is 16.4 Å². The van der Waals surface area contributed by atoms with E-state index < -0.39 is 0 Å². The molecule has 102 valence electrons. The summed E-state index contributed by atoms with van der Waals surface area (Å²) in [6.07, 6.45) is 3.53. The number of nitrogens with one attached hydrogen (secondary N) is 1. The predicted octanol–water partition coefficient (Wildman–Crippen LogP) is 2.95. The lowest BCUT2D eigenvalue weighted by atomic mass is 10.0. The summed E-state index contributed by atoms with van der Waals surface area (Å²) < 4.78 is 1.78. The van der Waals surface area contributed by atoms with Crippen molar-refractivity contribution in [2.24, 2.45) is 18.9 Å². The smallest absolute Gasteiger partial charge is 0.130 e. The fraction of sp³-hybridized carbons (Fsp3) is 0.786. The minimum absolute atomic E-state index is 0.556. The third kappa shape index (κ3) is 2.89. The van der Waals surface area contributed by atoms with Gasteiger partial charge in [-0.3, -0.25) is 4.68 Å². The summed E-state index contributed by atoms with van der Waals surface area (Å²) in [7, 11) is 1.91. The summed E-state index contributed by atoms with van der Waals surface area (Å²) >= 11 is 6.33. The standard InChI is InChI=1S/C14H24ClN3/c1-5-6-16-13(11-7-9(11)2)8-12-10(3)17-18(4)14(12)15/h9,11,13,16H,5-8H2,1-4H3. The number of aromatic nitrogens is 2. The van der Waals surface area contributed by atoms with Crippen LogP contribution in [0.4, 0.5) is 0 Å². The van der Waals surface area contributed by atoms with Crippen LogP contribution in [-0.4, -0.2) is 22.4 Å². The van der Waals surface area contributed by atoms with E-state index >= 15 is 0 Å². The first kappa shape index (κ1) is 13.9. The molecule has 3 unspecified atom stereocenters. The molecule has 0 bridgehead atoms. The first-order chi connectivity index (χ1) is 8.54. The van der Waals surface area contributed by atoms with Crippen molar-refractivity contribution in [1.29, 1.82) is 0 Å². The maximum Gasteiger partial charge on any atom is 0.130 e. The molecule has 1 aliphatic rings. The maximum absolute atomic E-state index is 6.33. The predicted molar refractivity (Wildman–Crippen MR) is 76.0 cm³/mol. The van der Waals surface area contributed by atoms with E-state index in [-0.39, 0.29) is 0 Å². The van der Waals surface area contributed by atoms with Crippen molar-refractivity contribution in [2.45, 2.75) is 46.1 Å². The Labute approximate surface area is 115 Å². The second-order valence-corrected chi connectivity index (χ2v) is 5.98. The van der Waals surface area contributed by atoms with Crippen LogP contribution in [0.3, 0.4) is 0 Å². The van der Waals surface area contributed by atoms with E-state index in [1.54, 1.807) is 4.68 Å². The summed E-state index contributed by atoms with van der Waals surface area (Å²) in [6, 6.07) is 0.556. The van der Waals surface area contributed by atoms with Crippen LogP contribution < -0.4 is 5.32 Å². The van der Waals surface area contributed by atoms with E-state index in [0.29, 0.717) is 6.04 Å². The molecule has 1 heterocycles. The molecule has 0 amide bonds. The van der Waals surface area contributed by atoms with Gasteiger partial charge in [-0.05, 0) is 44.6 Å². The zero-order chi connectivity index (χ0) is 13.3. The largest absolute Gasteiger partial charge is 0.313 e. The molecule has 1 fully saturated rings. The second kappa shape index (κ2) is 5.62. The van der Waals surface area contributed by atoms with E-state index in [2.05, 4.69) is 31.2 Å². The fourth-order valence-corrected chi connectivity index (χ4v) is 2.99. The van der Waals surface area contributed by atoms with Crippen molar-refractivity contribution in [3.8, 4) is 0 Å². The number of aryl methyl sites for hydroxylation is 2. The second-order valence-electron chi connectivity index (χ2n) is 5.62. The average Bonchev–Trinajstić information content (AvgIpc) is 2.99. The van der Waals surface area contributed by atoms with Crippen LogP contribution in [0.2, 0.25) is 5.15 Å². The first-order valence-corrected chi connectivity index (χ1v) is 7.33. The van der Waals surface area contributed by atoms with Crippen LogP contribution in [-0.2, 0) is 13.5 Å². The molecule has 1 aromatic rings. The van der Waals surface area contributed by atoms with Crippen molar-refractivity contribution in [3.63, 3.8) is 0 Å². The highest BCUT2D eigenvalue weighted by Crippen LogP contribution is 2.42. The molecule has 3 nitrogen and oxygen atoms in total. The Morgan fingerprint density at radius 3 is 2.67 bits per heavy atom. The zero-order valence-corrected chi connectivity index (χ0v) is 12.6. The quantitative estimate of drug-likeness (QED) is 0.861. The summed E-state index contributed by atoms with van der Waals surface area (Å²) in [6.45, 7) is 7.69. The lowest BCUT2D eigenvalue weighted by molar-refractivity contribution is 0.443. The number of nitrogens with zero attached hydrogens (tertiary/aromatic N) is 2. The molecule has 1 N–H and O–H groups in total. The third-order valence-electron chi connectivity index (χ3n) is 4.04. The number of hydrogen-bond acceptors (Lipinski definition) is 2. The Balaban J connectivity index is 2.07. The van der Waals surface area contributed by atoms with Gasteiger partial charge in [-0.25, -0.2) is 0 Å². The lowest BCUT2D eigenvalue weighted by Gasteiger charge is -2.18. The summed E-state index contributed by atoms with van der Waals surface area (Å²) in [5.74, 6) is 1.67. The Bertz CT molecular complexity index is 413. The van der Waals surface area contributed by atoms with Crippen LogP contribution in [0.5, 0.6) is 0 Å². The van der Waals surface area contributed by atoms with Crippen LogP contribution in [0.25, 0.3) is 0 Å². The monoisotopic (exact) mass is 269 g/mol. The summed E-state index contributed by atoms with van der Waals surface area (Å²) in [5.41, 5.74) is 2.28. The fourth-order valence-electron chi connectivity index (χ4n) is 2.74. The van der Waals surface area contributed by atoms with Crippen LogP contribution >= 0.6 is 11.6 Å². The highest BCUT2D eigenvalue weighted by Gasteiger charge is 2.39.